The molecular formula is C25H20N4O2. The van der Waals surface area contributed by atoms with Crippen molar-refractivity contribution in [2.45, 2.75) is 13.2 Å². The third kappa shape index (κ3) is 3.59. The lowest BCUT2D eigenvalue weighted by molar-refractivity contribution is 0.0476. The summed E-state index contributed by atoms with van der Waals surface area (Å²) in [4.78, 5) is 22.6. The van der Waals surface area contributed by atoms with Gasteiger partial charge in [-0.25, -0.2) is 14.8 Å². The second-order valence-corrected chi connectivity index (χ2v) is 7.28. The van der Waals surface area contributed by atoms with Crippen molar-refractivity contribution in [3.63, 3.8) is 0 Å². The van der Waals surface area contributed by atoms with Crippen LogP contribution in [0.5, 0.6) is 0 Å². The van der Waals surface area contributed by atoms with Gasteiger partial charge in [0, 0.05) is 0 Å². The molecule has 0 radical (unpaired) electrons. The van der Waals surface area contributed by atoms with Crippen molar-refractivity contribution >= 4 is 34.0 Å². The molecule has 2 N–H and O–H groups in total. The van der Waals surface area contributed by atoms with Crippen molar-refractivity contribution in [1.82, 2.24) is 14.5 Å². The van der Waals surface area contributed by atoms with E-state index in [9.17, 15) is 4.79 Å². The Morgan fingerprint density at radius 2 is 1.39 bits per heavy atom. The standard InChI is InChI=1S/C25H20N4O2/c26-23-21(25(30)31-16-18-11-5-2-6-12-18)22-24(28-20-14-8-7-13-19(20)27-22)29(23)15-17-9-3-1-4-10-17/h1-14H,15-16,26H2. The number of rotatable bonds is 5. The van der Waals surface area contributed by atoms with Crippen molar-refractivity contribution in [2.24, 2.45) is 0 Å². The lowest BCUT2D eigenvalue weighted by atomic mass is 10.2. The van der Waals surface area contributed by atoms with Gasteiger partial charge in [-0.1, -0.05) is 72.8 Å². The van der Waals surface area contributed by atoms with Crippen LogP contribution in [0.3, 0.4) is 0 Å². The van der Waals surface area contributed by atoms with Gasteiger partial charge in [0.15, 0.2) is 5.65 Å². The molecule has 6 heteroatoms. The Balaban J connectivity index is 1.61. The number of esters is 1. The SMILES string of the molecule is Nc1c(C(=O)OCc2ccccc2)c2nc3ccccc3nc2n1Cc1ccccc1. The molecule has 0 fully saturated rings. The van der Waals surface area contributed by atoms with Crippen molar-refractivity contribution in [3.8, 4) is 0 Å². The molecule has 0 saturated carbocycles. The van der Waals surface area contributed by atoms with Crippen LogP contribution in [0.2, 0.25) is 0 Å². The fourth-order valence-corrected chi connectivity index (χ4v) is 3.64. The number of aromatic nitrogens is 3. The molecule has 0 atom stereocenters. The van der Waals surface area contributed by atoms with E-state index in [-0.39, 0.29) is 12.2 Å². The summed E-state index contributed by atoms with van der Waals surface area (Å²) in [5.41, 5.74) is 11.1. The van der Waals surface area contributed by atoms with Crippen LogP contribution in [0.25, 0.3) is 22.2 Å². The molecule has 0 aliphatic rings. The molecule has 0 amide bonds. The summed E-state index contributed by atoms with van der Waals surface area (Å²) < 4.78 is 7.40. The first-order valence-corrected chi connectivity index (χ1v) is 10.00. The first-order chi connectivity index (χ1) is 15.2. The van der Waals surface area contributed by atoms with Crippen LogP contribution in [0.15, 0.2) is 84.9 Å². The summed E-state index contributed by atoms with van der Waals surface area (Å²) in [6.45, 7) is 0.633. The number of nitrogen functional groups attached to an aromatic ring is 1. The number of anilines is 1. The van der Waals surface area contributed by atoms with Gasteiger partial charge in [0.2, 0.25) is 0 Å². The Bertz CT molecular complexity index is 1380. The minimum Gasteiger partial charge on any atom is -0.457 e. The number of benzene rings is 3. The number of carbonyl (C=O) groups is 1. The number of ether oxygens (including phenoxy) is 1. The van der Waals surface area contributed by atoms with Crippen molar-refractivity contribution < 1.29 is 9.53 Å². The van der Waals surface area contributed by atoms with E-state index in [0.29, 0.717) is 29.0 Å². The van der Waals surface area contributed by atoms with Gasteiger partial charge in [0.25, 0.3) is 0 Å². The minimum atomic E-state index is -0.511. The molecule has 5 aromatic rings. The fourth-order valence-electron chi connectivity index (χ4n) is 3.64. The first kappa shape index (κ1) is 18.8. The van der Waals surface area contributed by atoms with Gasteiger partial charge in [-0.3, -0.25) is 0 Å². The van der Waals surface area contributed by atoms with Crippen LogP contribution in [0, 0.1) is 0 Å². The molecule has 31 heavy (non-hydrogen) atoms. The third-order valence-electron chi connectivity index (χ3n) is 5.19. The van der Waals surface area contributed by atoms with Gasteiger partial charge >= 0.3 is 5.97 Å². The Hall–Kier alpha value is -4.19. The molecule has 0 aliphatic carbocycles. The zero-order valence-corrected chi connectivity index (χ0v) is 16.7. The molecule has 0 saturated heterocycles. The quantitative estimate of drug-likeness (QED) is 0.431. The Kier molecular flexibility index (Phi) is 4.80. The normalized spacial score (nSPS) is 11.1. The smallest absolute Gasteiger partial charge is 0.344 e. The lowest BCUT2D eigenvalue weighted by Crippen LogP contribution is -2.10. The summed E-state index contributed by atoms with van der Waals surface area (Å²) in [5.74, 6) is -0.213. The van der Waals surface area contributed by atoms with Crippen LogP contribution < -0.4 is 5.73 Å². The average Bonchev–Trinajstić information content (AvgIpc) is 3.08. The van der Waals surface area contributed by atoms with E-state index in [2.05, 4.69) is 0 Å². The highest BCUT2D eigenvalue weighted by Gasteiger charge is 2.25. The van der Waals surface area contributed by atoms with E-state index in [1.54, 1.807) is 0 Å². The lowest BCUT2D eigenvalue weighted by Gasteiger charge is -2.08. The highest BCUT2D eigenvalue weighted by Crippen LogP contribution is 2.29. The van der Waals surface area contributed by atoms with E-state index in [1.807, 2.05) is 89.5 Å². The average molecular weight is 408 g/mol. The highest BCUT2D eigenvalue weighted by molar-refractivity contribution is 6.08. The molecule has 0 spiro atoms. The minimum absolute atomic E-state index is 0.158. The summed E-state index contributed by atoms with van der Waals surface area (Å²) in [6, 6.07) is 27.0. The van der Waals surface area contributed by atoms with Crippen LogP contribution in [0.1, 0.15) is 21.5 Å². The Morgan fingerprint density at radius 3 is 2.06 bits per heavy atom. The summed E-state index contributed by atoms with van der Waals surface area (Å²) in [5, 5.41) is 0. The zero-order valence-electron chi connectivity index (χ0n) is 16.7. The molecular weight excluding hydrogens is 388 g/mol. The summed E-state index contributed by atoms with van der Waals surface area (Å²) in [7, 11) is 0. The largest absolute Gasteiger partial charge is 0.457 e. The van der Waals surface area contributed by atoms with E-state index < -0.39 is 5.97 Å². The molecule has 0 bridgehead atoms. The highest BCUT2D eigenvalue weighted by atomic mass is 16.5. The molecule has 2 aromatic heterocycles. The molecule has 0 unspecified atom stereocenters. The third-order valence-corrected chi connectivity index (χ3v) is 5.19. The van der Waals surface area contributed by atoms with Crippen molar-refractivity contribution in [2.75, 3.05) is 5.73 Å². The summed E-state index contributed by atoms with van der Waals surface area (Å²) >= 11 is 0. The number of hydrogen-bond donors (Lipinski definition) is 1. The maximum atomic E-state index is 13.1. The number of para-hydroxylation sites is 2. The number of hydrogen-bond acceptors (Lipinski definition) is 5. The fraction of sp³-hybridized carbons (Fsp3) is 0.0800. The van der Waals surface area contributed by atoms with Gasteiger partial charge < -0.3 is 15.0 Å². The molecule has 152 valence electrons. The van der Waals surface area contributed by atoms with Gasteiger partial charge in [-0.15, -0.1) is 0 Å². The molecule has 0 aliphatic heterocycles. The van der Waals surface area contributed by atoms with E-state index in [0.717, 1.165) is 16.6 Å². The number of fused-ring (bicyclic) bond motifs is 2. The second-order valence-electron chi connectivity index (χ2n) is 7.28. The van der Waals surface area contributed by atoms with Crippen LogP contribution in [-0.4, -0.2) is 20.5 Å². The van der Waals surface area contributed by atoms with E-state index >= 15 is 0 Å². The maximum Gasteiger partial charge on any atom is 0.344 e. The van der Waals surface area contributed by atoms with Gasteiger partial charge in [0.05, 0.1) is 17.6 Å². The number of carbonyl (C=O) groups excluding carboxylic acids is 1. The maximum absolute atomic E-state index is 13.1. The molecule has 6 nitrogen and oxygen atoms in total. The van der Waals surface area contributed by atoms with E-state index in [4.69, 9.17) is 20.4 Å². The topological polar surface area (TPSA) is 83.0 Å². The van der Waals surface area contributed by atoms with Gasteiger partial charge in [-0.05, 0) is 23.3 Å². The van der Waals surface area contributed by atoms with Crippen LogP contribution in [0.4, 0.5) is 5.82 Å². The molecule has 3 aromatic carbocycles. The van der Waals surface area contributed by atoms with Crippen LogP contribution in [-0.2, 0) is 17.9 Å². The van der Waals surface area contributed by atoms with Crippen LogP contribution >= 0.6 is 0 Å². The number of nitrogens with two attached hydrogens (primary N) is 1. The van der Waals surface area contributed by atoms with Crippen molar-refractivity contribution in [3.05, 3.63) is 102 Å². The first-order valence-electron chi connectivity index (χ1n) is 10.00. The Labute approximate surface area is 178 Å². The molecule has 5 rings (SSSR count). The van der Waals surface area contributed by atoms with Crippen molar-refractivity contribution in [1.29, 1.82) is 0 Å². The monoisotopic (exact) mass is 408 g/mol. The zero-order chi connectivity index (χ0) is 21.2. The second kappa shape index (κ2) is 7.91. The Morgan fingerprint density at radius 1 is 0.806 bits per heavy atom. The van der Waals surface area contributed by atoms with Gasteiger partial charge in [-0.2, -0.15) is 0 Å². The molecule has 2 heterocycles. The van der Waals surface area contributed by atoms with Gasteiger partial charge in [0.1, 0.15) is 23.5 Å². The van der Waals surface area contributed by atoms with E-state index in [1.165, 1.54) is 0 Å². The summed E-state index contributed by atoms with van der Waals surface area (Å²) in [6.07, 6.45) is 0. The number of nitrogens with zero attached hydrogens (tertiary/aromatic N) is 3. The predicted octanol–water partition coefficient (Wildman–Crippen LogP) is 4.57. The predicted molar refractivity (Wildman–Crippen MR) is 121 cm³/mol.